The normalized spacial score (nSPS) is 12.3. The zero-order valence-electron chi connectivity index (χ0n) is 10.5. The lowest BCUT2D eigenvalue weighted by molar-refractivity contribution is 0.470. The molecule has 0 aliphatic rings. The number of ether oxygens (including phenoxy) is 1. The molecule has 0 saturated heterocycles. The Bertz CT molecular complexity index is 649. The average Bonchev–Trinajstić information content (AvgIpc) is 2.37. The summed E-state index contributed by atoms with van der Waals surface area (Å²) < 4.78 is 20.5. The van der Waals surface area contributed by atoms with Gasteiger partial charge in [0.15, 0.2) is 0 Å². The highest BCUT2D eigenvalue weighted by Crippen LogP contribution is 2.37. The van der Waals surface area contributed by atoms with E-state index in [1.54, 1.807) is 6.07 Å². The maximum absolute atomic E-state index is 13.5. The third-order valence-electron chi connectivity index (χ3n) is 2.68. The fraction of sp³-hybridized carbons (Fsp3) is 0.143. The van der Waals surface area contributed by atoms with Crippen molar-refractivity contribution in [3.8, 4) is 11.5 Å². The summed E-state index contributed by atoms with van der Waals surface area (Å²) in [6.45, 7) is 1.90. The minimum Gasteiger partial charge on any atom is -0.455 e. The maximum Gasteiger partial charge on any atom is 0.145 e. The van der Waals surface area contributed by atoms with Gasteiger partial charge in [-0.1, -0.05) is 17.7 Å². The van der Waals surface area contributed by atoms with E-state index in [4.69, 9.17) is 22.1 Å². The molecule has 0 spiro atoms. The van der Waals surface area contributed by atoms with Gasteiger partial charge in [-0.3, -0.25) is 0 Å². The number of rotatable bonds is 3. The first-order valence-electron chi connectivity index (χ1n) is 5.76. The van der Waals surface area contributed by atoms with Crippen LogP contribution in [-0.2, 0) is 0 Å². The van der Waals surface area contributed by atoms with Gasteiger partial charge in [0, 0.05) is 12.1 Å². The zero-order valence-corrected chi connectivity index (χ0v) is 14.4. The summed E-state index contributed by atoms with van der Waals surface area (Å²) in [4.78, 5) is 0. The number of hydrogen-bond acceptors (Lipinski definition) is 2. The molecule has 0 fully saturated rings. The van der Waals surface area contributed by atoms with Gasteiger partial charge in [0.05, 0.1) is 14.0 Å². The lowest BCUT2D eigenvalue weighted by atomic mass is 10.1. The fourth-order valence-electron chi connectivity index (χ4n) is 1.58. The van der Waals surface area contributed by atoms with Crippen molar-refractivity contribution in [3.05, 3.63) is 55.7 Å². The quantitative estimate of drug-likeness (QED) is 0.632. The Hall–Kier alpha value is -0.620. The molecule has 0 aliphatic heterocycles. The van der Waals surface area contributed by atoms with Gasteiger partial charge in [0.2, 0.25) is 0 Å². The lowest BCUT2D eigenvalue weighted by Gasteiger charge is -2.12. The molecule has 0 aliphatic carbocycles. The van der Waals surface area contributed by atoms with Gasteiger partial charge in [-0.05, 0) is 62.5 Å². The summed E-state index contributed by atoms with van der Waals surface area (Å²) >= 11 is 12.4. The van der Waals surface area contributed by atoms with E-state index in [-0.39, 0.29) is 11.1 Å². The number of halogens is 4. The predicted molar refractivity (Wildman–Crippen MR) is 85.9 cm³/mol. The lowest BCUT2D eigenvalue weighted by Crippen LogP contribution is -2.04. The summed E-state index contributed by atoms with van der Waals surface area (Å²) in [7, 11) is 0. The van der Waals surface area contributed by atoms with Crippen LogP contribution in [0.15, 0.2) is 39.3 Å². The highest BCUT2D eigenvalue weighted by molar-refractivity contribution is 9.11. The van der Waals surface area contributed by atoms with Crippen LogP contribution in [0.4, 0.5) is 4.39 Å². The molecule has 2 rings (SSSR count). The Balaban J connectivity index is 2.33. The topological polar surface area (TPSA) is 35.2 Å². The molecule has 0 heterocycles. The van der Waals surface area contributed by atoms with E-state index >= 15 is 0 Å². The first-order valence-corrected chi connectivity index (χ1v) is 7.72. The molecular weight excluding hydrogens is 412 g/mol. The third kappa shape index (κ3) is 3.52. The van der Waals surface area contributed by atoms with Crippen LogP contribution >= 0.6 is 43.5 Å². The van der Waals surface area contributed by atoms with E-state index in [1.165, 1.54) is 12.1 Å². The van der Waals surface area contributed by atoms with Gasteiger partial charge in [-0.15, -0.1) is 0 Å². The van der Waals surface area contributed by atoms with Crippen molar-refractivity contribution < 1.29 is 9.13 Å². The Kier molecular flexibility index (Phi) is 5.07. The van der Waals surface area contributed by atoms with Crippen molar-refractivity contribution in [2.45, 2.75) is 13.0 Å². The van der Waals surface area contributed by atoms with Crippen LogP contribution in [0.25, 0.3) is 0 Å². The molecule has 0 bridgehead atoms. The van der Waals surface area contributed by atoms with Crippen LogP contribution < -0.4 is 10.5 Å². The van der Waals surface area contributed by atoms with Crippen LogP contribution in [0.2, 0.25) is 5.02 Å². The van der Waals surface area contributed by atoms with Gasteiger partial charge < -0.3 is 10.5 Å². The molecule has 2 nitrogen and oxygen atoms in total. The SMILES string of the molecule is C[C@H](N)c1ccc(Oc2cc(F)c(Cl)cc2Br)c(Br)c1. The molecular formula is C14H11Br2ClFNO. The number of hydrogen-bond donors (Lipinski definition) is 1. The van der Waals surface area contributed by atoms with Crippen molar-refractivity contribution in [1.82, 2.24) is 0 Å². The Morgan fingerprint density at radius 1 is 1.15 bits per heavy atom. The largest absolute Gasteiger partial charge is 0.455 e. The second kappa shape index (κ2) is 6.43. The Morgan fingerprint density at radius 3 is 2.40 bits per heavy atom. The minimum absolute atomic E-state index is 0.0376. The molecule has 20 heavy (non-hydrogen) atoms. The van der Waals surface area contributed by atoms with Gasteiger partial charge in [0.25, 0.3) is 0 Å². The molecule has 0 unspecified atom stereocenters. The average molecular weight is 424 g/mol. The van der Waals surface area contributed by atoms with Gasteiger partial charge >= 0.3 is 0 Å². The molecule has 0 aromatic heterocycles. The Labute approximate surface area is 138 Å². The van der Waals surface area contributed by atoms with E-state index < -0.39 is 5.82 Å². The summed E-state index contributed by atoms with van der Waals surface area (Å²) in [5, 5.41) is 0.0376. The molecule has 2 N–H and O–H groups in total. The fourth-order valence-corrected chi connectivity index (χ4v) is 2.78. The number of nitrogens with two attached hydrogens (primary N) is 1. The highest BCUT2D eigenvalue weighted by atomic mass is 79.9. The van der Waals surface area contributed by atoms with Crippen molar-refractivity contribution in [1.29, 1.82) is 0 Å². The summed E-state index contributed by atoms with van der Waals surface area (Å²) in [5.41, 5.74) is 6.79. The Morgan fingerprint density at radius 2 is 1.80 bits per heavy atom. The third-order valence-corrected chi connectivity index (χ3v) is 4.21. The molecule has 0 amide bonds. The van der Waals surface area contributed by atoms with Gasteiger partial charge in [-0.2, -0.15) is 0 Å². The van der Waals surface area contributed by atoms with E-state index in [0.29, 0.717) is 16.0 Å². The monoisotopic (exact) mass is 421 g/mol. The first kappa shape index (κ1) is 15.8. The van der Waals surface area contributed by atoms with Crippen molar-refractivity contribution in [3.63, 3.8) is 0 Å². The van der Waals surface area contributed by atoms with Gasteiger partial charge in [0.1, 0.15) is 17.3 Å². The van der Waals surface area contributed by atoms with Crippen LogP contribution in [0.5, 0.6) is 11.5 Å². The molecule has 106 valence electrons. The second-order valence-electron chi connectivity index (χ2n) is 4.28. The van der Waals surface area contributed by atoms with Gasteiger partial charge in [-0.25, -0.2) is 4.39 Å². The van der Waals surface area contributed by atoms with E-state index in [9.17, 15) is 4.39 Å². The van der Waals surface area contributed by atoms with Crippen molar-refractivity contribution in [2.75, 3.05) is 0 Å². The first-order chi connectivity index (χ1) is 9.38. The number of benzene rings is 2. The molecule has 2 aromatic carbocycles. The van der Waals surface area contributed by atoms with E-state index in [1.807, 2.05) is 19.1 Å². The summed E-state index contributed by atoms with van der Waals surface area (Å²) in [6.07, 6.45) is 0. The van der Waals surface area contributed by atoms with Crippen molar-refractivity contribution in [2.24, 2.45) is 5.73 Å². The van der Waals surface area contributed by atoms with Crippen LogP contribution in [0, 0.1) is 5.82 Å². The van der Waals surface area contributed by atoms with E-state index in [2.05, 4.69) is 31.9 Å². The van der Waals surface area contributed by atoms with E-state index in [0.717, 1.165) is 10.0 Å². The molecule has 0 saturated carbocycles. The van der Waals surface area contributed by atoms with Crippen LogP contribution in [-0.4, -0.2) is 0 Å². The maximum atomic E-state index is 13.5. The molecule has 6 heteroatoms. The van der Waals surface area contributed by atoms with Crippen LogP contribution in [0.1, 0.15) is 18.5 Å². The second-order valence-corrected chi connectivity index (χ2v) is 6.39. The summed E-state index contributed by atoms with van der Waals surface area (Å²) in [6, 6.07) is 8.14. The zero-order chi connectivity index (χ0) is 14.9. The standard InChI is InChI=1S/C14H11Br2ClFNO/c1-7(19)8-2-3-13(9(15)4-8)20-14-6-12(18)11(17)5-10(14)16/h2-7H,19H2,1H3/t7-/m0/s1. The molecule has 2 aromatic rings. The highest BCUT2D eigenvalue weighted by Gasteiger charge is 2.11. The van der Waals surface area contributed by atoms with Crippen LogP contribution in [0.3, 0.4) is 0 Å². The molecule has 1 atom stereocenters. The smallest absolute Gasteiger partial charge is 0.145 e. The van der Waals surface area contributed by atoms with Crippen molar-refractivity contribution >= 4 is 43.5 Å². The molecule has 0 radical (unpaired) electrons. The minimum atomic E-state index is -0.534. The summed E-state index contributed by atoms with van der Waals surface area (Å²) in [5.74, 6) is 0.381. The predicted octanol–water partition coefficient (Wildman–Crippen LogP) is 5.82.